The van der Waals surface area contributed by atoms with Gasteiger partial charge in [0.1, 0.15) is 17.9 Å². The molecule has 3 aliphatic heterocycles. The van der Waals surface area contributed by atoms with Crippen LogP contribution in [0, 0.1) is 5.92 Å². The van der Waals surface area contributed by atoms with Crippen molar-refractivity contribution in [1.29, 1.82) is 0 Å². The summed E-state index contributed by atoms with van der Waals surface area (Å²) < 4.78 is 0. The molecule has 3 rings (SSSR count). The minimum atomic E-state index is -0.583. The van der Waals surface area contributed by atoms with Crippen molar-refractivity contribution < 1.29 is 14.4 Å². The number of rotatable bonds is 1. The van der Waals surface area contributed by atoms with E-state index in [1.165, 1.54) is 11.9 Å². The van der Waals surface area contributed by atoms with Gasteiger partial charge in [-0.05, 0) is 32.6 Å². The molecule has 2 amide bonds. The lowest BCUT2D eigenvalue weighted by Crippen LogP contribution is -2.72. The quantitative estimate of drug-likeness (QED) is 0.706. The molecule has 6 nitrogen and oxygen atoms in total. The summed E-state index contributed by atoms with van der Waals surface area (Å²) >= 11 is 0. The van der Waals surface area contributed by atoms with Crippen LogP contribution in [0.25, 0.3) is 0 Å². The first-order valence-corrected chi connectivity index (χ1v) is 6.99. The van der Waals surface area contributed by atoms with Gasteiger partial charge in [0.15, 0.2) is 0 Å². The second kappa shape index (κ2) is 4.59. The molecule has 0 spiro atoms. The van der Waals surface area contributed by atoms with E-state index in [4.69, 9.17) is 0 Å². The Hall–Kier alpha value is -1.43. The molecule has 3 atom stereocenters. The number of amides is 2. The number of Topliss-reactive ketones (excluding diaryl/α,β-unsaturated/α-hetero) is 1. The summed E-state index contributed by atoms with van der Waals surface area (Å²) in [5.74, 6) is -0.437. The number of hydrogen-bond donors (Lipinski definition) is 1. The first kappa shape index (κ1) is 12.6. The van der Waals surface area contributed by atoms with E-state index in [9.17, 15) is 14.4 Å². The Kier molecular flexibility index (Phi) is 3.05. The van der Waals surface area contributed by atoms with Crippen molar-refractivity contribution in [1.82, 2.24) is 15.3 Å². The largest absolute Gasteiger partial charge is 0.328 e. The molecule has 3 fully saturated rings. The van der Waals surface area contributed by atoms with Gasteiger partial charge in [0.2, 0.25) is 5.91 Å². The van der Waals surface area contributed by atoms with E-state index in [-0.39, 0.29) is 29.6 Å². The second-order valence-electron chi connectivity index (χ2n) is 5.61. The molecule has 0 aromatic rings. The average Bonchev–Trinajstić information content (AvgIpc) is 2.44. The van der Waals surface area contributed by atoms with Crippen LogP contribution in [0.1, 0.15) is 32.6 Å². The third kappa shape index (κ3) is 1.85. The highest BCUT2D eigenvalue weighted by Crippen LogP contribution is 2.32. The van der Waals surface area contributed by atoms with Crippen LogP contribution in [0.15, 0.2) is 0 Å². The smallest absolute Gasteiger partial charge is 0.260 e. The number of carbonyl (C=O) groups is 3. The fraction of sp³-hybridized carbons (Fsp3) is 0.769. The van der Waals surface area contributed by atoms with Crippen LogP contribution in [0.2, 0.25) is 0 Å². The molecular weight excluding hydrogens is 246 g/mol. The van der Waals surface area contributed by atoms with Crippen molar-refractivity contribution in [3.8, 4) is 0 Å². The standard InChI is InChI=1S/C13H19N3O3/c1-8(17)9-4-3-7-15-11(9)13(19)16-10(12(15)18)5-2-6-14-16/h9-11,14H,2-7H2,1H3. The van der Waals surface area contributed by atoms with Gasteiger partial charge >= 0.3 is 0 Å². The molecule has 3 aliphatic rings. The number of fused-ring (bicyclic) bond motifs is 2. The van der Waals surface area contributed by atoms with E-state index in [1.807, 2.05) is 0 Å². The molecule has 19 heavy (non-hydrogen) atoms. The Morgan fingerprint density at radius 3 is 2.74 bits per heavy atom. The van der Waals surface area contributed by atoms with Crippen LogP contribution >= 0.6 is 0 Å². The lowest BCUT2D eigenvalue weighted by Gasteiger charge is -2.50. The van der Waals surface area contributed by atoms with Crippen molar-refractivity contribution in [2.75, 3.05) is 13.1 Å². The molecule has 0 aliphatic carbocycles. The zero-order chi connectivity index (χ0) is 13.6. The topological polar surface area (TPSA) is 69.7 Å². The summed E-state index contributed by atoms with van der Waals surface area (Å²) in [6, 6.07) is -0.955. The number of nitrogens with zero attached hydrogens (tertiary/aromatic N) is 2. The van der Waals surface area contributed by atoms with Crippen molar-refractivity contribution >= 4 is 17.6 Å². The van der Waals surface area contributed by atoms with E-state index in [0.29, 0.717) is 25.9 Å². The van der Waals surface area contributed by atoms with Gasteiger partial charge in [0.25, 0.3) is 5.91 Å². The maximum atomic E-state index is 12.6. The predicted octanol–water partition coefficient (Wildman–Crippen LogP) is -0.308. The highest BCUT2D eigenvalue weighted by Gasteiger charge is 2.51. The molecule has 0 saturated carbocycles. The fourth-order valence-electron chi connectivity index (χ4n) is 3.51. The SMILES string of the molecule is CC(=O)C1CCCN2C(=O)C3CCCNN3C(=O)C12. The molecular formula is C13H19N3O3. The van der Waals surface area contributed by atoms with Gasteiger partial charge in [-0.2, -0.15) is 0 Å². The van der Waals surface area contributed by atoms with Gasteiger partial charge in [-0.3, -0.25) is 19.4 Å². The van der Waals surface area contributed by atoms with Crippen molar-refractivity contribution in [2.24, 2.45) is 5.92 Å². The molecule has 0 aromatic heterocycles. The predicted molar refractivity (Wildman–Crippen MR) is 66.8 cm³/mol. The fourth-order valence-corrected chi connectivity index (χ4v) is 3.51. The normalized spacial score (nSPS) is 34.9. The number of piperidine rings is 1. The number of piperazine rings is 1. The minimum absolute atomic E-state index is 0.00255. The van der Waals surface area contributed by atoms with E-state index in [0.717, 1.165) is 12.8 Å². The molecule has 0 aromatic carbocycles. The summed E-state index contributed by atoms with van der Waals surface area (Å²) in [5, 5.41) is 1.48. The van der Waals surface area contributed by atoms with Crippen LogP contribution in [-0.2, 0) is 14.4 Å². The number of carbonyl (C=O) groups excluding carboxylic acids is 3. The number of hydrazine groups is 1. The highest BCUT2D eigenvalue weighted by molar-refractivity contribution is 6.00. The van der Waals surface area contributed by atoms with E-state index in [1.54, 1.807) is 4.90 Å². The van der Waals surface area contributed by atoms with Crippen molar-refractivity contribution in [3.05, 3.63) is 0 Å². The number of ketones is 1. The molecule has 3 unspecified atom stereocenters. The molecule has 104 valence electrons. The number of hydrogen-bond acceptors (Lipinski definition) is 4. The van der Waals surface area contributed by atoms with Crippen LogP contribution in [-0.4, -0.2) is 52.7 Å². The van der Waals surface area contributed by atoms with Crippen molar-refractivity contribution in [3.63, 3.8) is 0 Å². The van der Waals surface area contributed by atoms with Crippen LogP contribution < -0.4 is 5.43 Å². The first-order valence-electron chi connectivity index (χ1n) is 6.99. The minimum Gasteiger partial charge on any atom is -0.328 e. The molecule has 0 bridgehead atoms. The van der Waals surface area contributed by atoms with Crippen LogP contribution in [0.3, 0.4) is 0 Å². The summed E-state index contributed by atoms with van der Waals surface area (Å²) in [7, 11) is 0. The Morgan fingerprint density at radius 1 is 1.21 bits per heavy atom. The Labute approximate surface area is 112 Å². The summed E-state index contributed by atoms with van der Waals surface area (Å²) in [5.41, 5.74) is 3.02. The van der Waals surface area contributed by atoms with Gasteiger partial charge in [-0.15, -0.1) is 0 Å². The Bertz CT molecular complexity index is 437. The maximum Gasteiger partial charge on any atom is 0.260 e. The highest BCUT2D eigenvalue weighted by atomic mass is 16.2. The Morgan fingerprint density at radius 2 is 2.00 bits per heavy atom. The maximum absolute atomic E-state index is 12.6. The Balaban J connectivity index is 1.94. The van der Waals surface area contributed by atoms with E-state index in [2.05, 4.69) is 5.43 Å². The third-order valence-corrected chi connectivity index (χ3v) is 4.46. The van der Waals surface area contributed by atoms with Gasteiger partial charge in [0, 0.05) is 19.0 Å². The third-order valence-electron chi connectivity index (χ3n) is 4.46. The van der Waals surface area contributed by atoms with E-state index >= 15 is 0 Å². The summed E-state index contributed by atoms with van der Waals surface area (Å²) in [4.78, 5) is 38.4. The zero-order valence-electron chi connectivity index (χ0n) is 11.1. The zero-order valence-corrected chi connectivity index (χ0v) is 11.1. The molecule has 3 saturated heterocycles. The molecule has 6 heteroatoms. The second-order valence-corrected chi connectivity index (χ2v) is 5.61. The van der Waals surface area contributed by atoms with Crippen molar-refractivity contribution in [2.45, 2.75) is 44.7 Å². The molecule has 1 N–H and O–H groups in total. The summed E-state index contributed by atoms with van der Waals surface area (Å²) in [6.45, 7) is 2.83. The van der Waals surface area contributed by atoms with Crippen LogP contribution in [0.5, 0.6) is 0 Å². The number of nitrogens with one attached hydrogen (secondary N) is 1. The van der Waals surface area contributed by atoms with Gasteiger partial charge in [0.05, 0.1) is 0 Å². The summed E-state index contributed by atoms with van der Waals surface area (Å²) in [6.07, 6.45) is 3.12. The monoisotopic (exact) mass is 265 g/mol. The lowest BCUT2D eigenvalue weighted by molar-refractivity contribution is -0.174. The average molecular weight is 265 g/mol. The van der Waals surface area contributed by atoms with Crippen LogP contribution in [0.4, 0.5) is 0 Å². The van der Waals surface area contributed by atoms with Gasteiger partial charge < -0.3 is 4.90 Å². The van der Waals surface area contributed by atoms with Gasteiger partial charge in [-0.1, -0.05) is 0 Å². The first-order chi connectivity index (χ1) is 9.11. The lowest BCUT2D eigenvalue weighted by atomic mass is 9.83. The molecule has 3 heterocycles. The molecule has 0 radical (unpaired) electrons. The van der Waals surface area contributed by atoms with Gasteiger partial charge in [-0.25, -0.2) is 5.43 Å². The van der Waals surface area contributed by atoms with E-state index < -0.39 is 6.04 Å².